The van der Waals surface area contributed by atoms with Crippen LogP contribution in [0.4, 0.5) is 0 Å². The maximum Gasteiger partial charge on any atom is 0.283 e. The Labute approximate surface area is 180 Å². The lowest BCUT2D eigenvalue weighted by atomic mass is 9.95. The number of benzene rings is 1. The van der Waals surface area contributed by atoms with Crippen LogP contribution in [0.2, 0.25) is 0 Å². The van der Waals surface area contributed by atoms with Gasteiger partial charge in [0.25, 0.3) is 5.91 Å². The summed E-state index contributed by atoms with van der Waals surface area (Å²) in [5.74, 6) is -0.756. The molecule has 1 unspecified atom stereocenters. The molecule has 1 amide bonds. The molecule has 2 heterocycles. The van der Waals surface area contributed by atoms with Crippen molar-refractivity contribution < 1.29 is 24.1 Å². The van der Waals surface area contributed by atoms with E-state index in [1.165, 1.54) is 12.4 Å². The van der Waals surface area contributed by atoms with Crippen LogP contribution < -0.4 is 5.48 Å². The summed E-state index contributed by atoms with van der Waals surface area (Å²) in [5, 5.41) is 13.0. The third kappa shape index (κ3) is 5.42. The van der Waals surface area contributed by atoms with E-state index in [1.54, 1.807) is 13.0 Å². The number of pyridine rings is 1. The van der Waals surface area contributed by atoms with Crippen LogP contribution in [-0.4, -0.2) is 32.6 Å². The zero-order chi connectivity index (χ0) is 22.4. The van der Waals surface area contributed by atoms with Crippen LogP contribution in [0.15, 0.2) is 53.1 Å². The molecule has 162 valence electrons. The predicted molar refractivity (Wildman–Crippen MR) is 112 cm³/mol. The Morgan fingerprint density at radius 2 is 1.90 bits per heavy atom. The molecular weight excluding hydrogens is 398 g/mol. The van der Waals surface area contributed by atoms with Crippen molar-refractivity contribution in [3.05, 3.63) is 71.2 Å². The fourth-order valence-electron chi connectivity index (χ4n) is 3.10. The number of carbonyl (C=O) groups excluding carboxylic acids is 2. The molecule has 0 saturated heterocycles. The van der Waals surface area contributed by atoms with Crippen molar-refractivity contribution >= 4 is 11.7 Å². The first-order valence-electron chi connectivity index (χ1n) is 9.89. The summed E-state index contributed by atoms with van der Waals surface area (Å²) < 4.78 is 10.7. The molecule has 3 rings (SSSR count). The molecule has 0 saturated carbocycles. The van der Waals surface area contributed by atoms with Gasteiger partial charge in [-0.05, 0) is 38.5 Å². The van der Waals surface area contributed by atoms with Crippen molar-refractivity contribution in [1.29, 1.82) is 0 Å². The molecule has 2 N–H and O–H groups in total. The summed E-state index contributed by atoms with van der Waals surface area (Å²) in [4.78, 5) is 29.5. The average molecular weight is 423 g/mol. The number of ether oxygens (including phenoxy) is 1. The highest BCUT2D eigenvalue weighted by molar-refractivity contribution is 6.08. The molecule has 0 fully saturated rings. The summed E-state index contributed by atoms with van der Waals surface area (Å²) in [5.41, 5.74) is 3.80. The predicted octanol–water partition coefficient (Wildman–Crippen LogP) is 3.34. The number of aromatic nitrogens is 2. The number of carbonyl (C=O) groups is 2. The van der Waals surface area contributed by atoms with Crippen molar-refractivity contribution in [2.24, 2.45) is 0 Å². The van der Waals surface area contributed by atoms with Crippen molar-refractivity contribution in [1.82, 2.24) is 15.6 Å². The van der Waals surface area contributed by atoms with E-state index in [4.69, 9.17) is 14.5 Å². The zero-order valence-corrected chi connectivity index (χ0v) is 17.7. The summed E-state index contributed by atoms with van der Waals surface area (Å²) in [6.45, 7) is 5.05. The standard InChI is InChI=1S/C23H25N3O5/c1-15-5-4-6-20(24-15)18-9-7-17(8-10-18)14-30-23(3,22(28)25-29)21(27)12-11-19-13-16(2)31-26-19/h4-10,13,29H,11-12,14H2,1-3H3,(H,25,28). The number of Topliss-reactive ketones (excluding diaryl/α,β-unsaturated/α-hetero) is 1. The minimum absolute atomic E-state index is 0.00780. The van der Waals surface area contributed by atoms with Gasteiger partial charge in [-0.15, -0.1) is 0 Å². The van der Waals surface area contributed by atoms with E-state index >= 15 is 0 Å². The number of aryl methyl sites for hydroxylation is 3. The lowest BCUT2D eigenvalue weighted by molar-refractivity contribution is -0.164. The topological polar surface area (TPSA) is 115 Å². The molecular formula is C23H25N3O5. The Morgan fingerprint density at radius 3 is 2.52 bits per heavy atom. The molecule has 0 radical (unpaired) electrons. The van der Waals surface area contributed by atoms with Crippen LogP contribution in [-0.2, 0) is 27.4 Å². The van der Waals surface area contributed by atoms with Gasteiger partial charge < -0.3 is 9.26 Å². The zero-order valence-electron chi connectivity index (χ0n) is 17.7. The fourth-order valence-corrected chi connectivity index (χ4v) is 3.10. The number of amides is 1. The molecule has 2 aromatic heterocycles. The molecule has 0 aliphatic heterocycles. The van der Waals surface area contributed by atoms with Crippen LogP contribution in [0.5, 0.6) is 0 Å². The van der Waals surface area contributed by atoms with Gasteiger partial charge in [-0.1, -0.05) is 35.5 Å². The molecule has 1 aromatic carbocycles. The molecule has 8 nitrogen and oxygen atoms in total. The van der Waals surface area contributed by atoms with Crippen molar-refractivity contribution in [3.63, 3.8) is 0 Å². The number of hydroxylamine groups is 1. The summed E-state index contributed by atoms with van der Waals surface area (Å²) in [6.07, 6.45) is 0.305. The number of ketones is 1. The highest BCUT2D eigenvalue weighted by atomic mass is 16.5. The van der Waals surface area contributed by atoms with Gasteiger partial charge in [-0.25, -0.2) is 5.48 Å². The third-order valence-corrected chi connectivity index (χ3v) is 5.02. The lowest BCUT2D eigenvalue weighted by Crippen LogP contribution is -2.51. The first-order valence-corrected chi connectivity index (χ1v) is 9.89. The van der Waals surface area contributed by atoms with Gasteiger partial charge >= 0.3 is 0 Å². The van der Waals surface area contributed by atoms with Gasteiger partial charge in [-0.2, -0.15) is 0 Å². The Balaban J connectivity index is 1.67. The van der Waals surface area contributed by atoms with Gasteiger partial charge in [0.2, 0.25) is 5.60 Å². The molecule has 0 bridgehead atoms. The van der Waals surface area contributed by atoms with E-state index in [9.17, 15) is 9.59 Å². The van der Waals surface area contributed by atoms with Crippen molar-refractivity contribution in [2.45, 2.75) is 45.8 Å². The van der Waals surface area contributed by atoms with Crippen molar-refractivity contribution in [3.8, 4) is 11.3 Å². The van der Waals surface area contributed by atoms with E-state index in [0.29, 0.717) is 17.9 Å². The molecule has 3 aromatic rings. The highest BCUT2D eigenvalue weighted by Gasteiger charge is 2.41. The van der Waals surface area contributed by atoms with Gasteiger partial charge in [0.1, 0.15) is 5.76 Å². The van der Waals surface area contributed by atoms with E-state index in [2.05, 4.69) is 10.1 Å². The number of rotatable bonds is 9. The second kappa shape index (κ2) is 9.63. The van der Waals surface area contributed by atoms with Gasteiger partial charge in [-0.3, -0.25) is 19.8 Å². The summed E-state index contributed by atoms with van der Waals surface area (Å²) >= 11 is 0. The van der Waals surface area contributed by atoms with Crippen LogP contribution in [0.3, 0.4) is 0 Å². The minimum Gasteiger partial charge on any atom is -0.361 e. The molecule has 0 spiro atoms. The molecule has 31 heavy (non-hydrogen) atoms. The molecule has 8 heteroatoms. The Bertz CT molecular complexity index is 1060. The monoisotopic (exact) mass is 423 g/mol. The SMILES string of the molecule is Cc1cccc(-c2ccc(COC(C)(C(=O)CCc3cc(C)on3)C(=O)NO)cc2)n1. The third-order valence-electron chi connectivity index (χ3n) is 5.02. The quantitative estimate of drug-likeness (QED) is 0.308. The number of nitrogens with one attached hydrogen (secondary N) is 1. The largest absolute Gasteiger partial charge is 0.361 e. The van der Waals surface area contributed by atoms with E-state index in [1.807, 2.05) is 49.4 Å². The average Bonchev–Trinajstić information content (AvgIpc) is 3.20. The van der Waals surface area contributed by atoms with Crippen LogP contribution in [0.1, 0.15) is 36.1 Å². The highest BCUT2D eigenvalue weighted by Crippen LogP contribution is 2.22. The smallest absolute Gasteiger partial charge is 0.283 e. The Kier molecular flexibility index (Phi) is 6.94. The fraction of sp³-hybridized carbons (Fsp3) is 0.304. The van der Waals surface area contributed by atoms with E-state index in [0.717, 1.165) is 22.5 Å². The maximum atomic E-state index is 12.8. The molecule has 1 atom stereocenters. The summed E-state index contributed by atoms with van der Waals surface area (Å²) in [7, 11) is 0. The minimum atomic E-state index is -1.84. The number of hydrogen-bond acceptors (Lipinski definition) is 7. The molecule has 0 aliphatic rings. The summed E-state index contributed by atoms with van der Waals surface area (Å²) in [6, 6.07) is 15.0. The normalized spacial score (nSPS) is 12.9. The van der Waals surface area contributed by atoms with Crippen LogP contribution in [0, 0.1) is 13.8 Å². The Morgan fingerprint density at radius 1 is 1.16 bits per heavy atom. The molecule has 0 aliphatic carbocycles. The van der Waals surface area contributed by atoms with Crippen LogP contribution in [0.25, 0.3) is 11.3 Å². The number of hydrogen-bond donors (Lipinski definition) is 2. The Hall–Kier alpha value is -3.36. The van der Waals surface area contributed by atoms with Gasteiger partial charge in [0.15, 0.2) is 5.78 Å². The lowest BCUT2D eigenvalue weighted by Gasteiger charge is -2.26. The first kappa shape index (κ1) is 22.3. The first-order chi connectivity index (χ1) is 14.8. The van der Waals surface area contributed by atoms with Crippen LogP contribution >= 0.6 is 0 Å². The second-order valence-corrected chi connectivity index (χ2v) is 7.48. The van der Waals surface area contributed by atoms with E-state index < -0.39 is 17.3 Å². The van der Waals surface area contributed by atoms with E-state index in [-0.39, 0.29) is 13.0 Å². The number of nitrogens with zero attached hydrogens (tertiary/aromatic N) is 2. The maximum absolute atomic E-state index is 12.8. The van der Waals surface area contributed by atoms with Gasteiger partial charge in [0, 0.05) is 30.2 Å². The van der Waals surface area contributed by atoms with Crippen molar-refractivity contribution in [2.75, 3.05) is 0 Å². The van der Waals surface area contributed by atoms with Gasteiger partial charge in [0.05, 0.1) is 18.0 Å². The second-order valence-electron chi connectivity index (χ2n) is 7.48.